The van der Waals surface area contributed by atoms with E-state index in [1.807, 2.05) is 6.07 Å². The first kappa shape index (κ1) is 28.3. The fourth-order valence-corrected chi connectivity index (χ4v) is 5.19. The molecule has 2 aromatic heterocycles. The van der Waals surface area contributed by atoms with E-state index in [4.69, 9.17) is 11.6 Å². The van der Waals surface area contributed by atoms with Crippen LogP contribution in [0.3, 0.4) is 0 Å². The summed E-state index contributed by atoms with van der Waals surface area (Å²) >= 11 is 6.29. The maximum Gasteiger partial charge on any atom is 0.255 e. The Bertz CT molecular complexity index is 1710. The number of hydrogen-bond donors (Lipinski definition) is 1. The number of piperazine rings is 1. The summed E-state index contributed by atoms with van der Waals surface area (Å²) in [6, 6.07) is 18.4. The van der Waals surface area contributed by atoms with Crippen LogP contribution in [-0.4, -0.2) is 63.5 Å². The van der Waals surface area contributed by atoms with Gasteiger partial charge < -0.3 is 10.2 Å². The molecular formula is C32H32ClN7O. The van der Waals surface area contributed by atoms with E-state index in [9.17, 15) is 10.1 Å². The predicted molar refractivity (Wildman–Crippen MR) is 161 cm³/mol. The van der Waals surface area contributed by atoms with Gasteiger partial charge in [0.25, 0.3) is 5.91 Å². The quantitative estimate of drug-likeness (QED) is 0.278. The normalized spacial score (nSPS) is 14.3. The van der Waals surface area contributed by atoms with Crippen molar-refractivity contribution in [3.8, 4) is 17.9 Å². The maximum atomic E-state index is 13.4. The molecule has 2 aromatic carbocycles. The summed E-state index contributed by atoms with van der Waals surface area (Å²) in [6.07, 6.45) is 0. The molecule has 1 N–H and O–H groups in total. The van der Waals surface area contributed by atoms with E-state index in [1.165, 1.54) is 11.1 Å². The molecule has 0 unspecified atom stereocenters. The van der Waals surface area contributed by atoms with E-state index in [1.54, 1.807) is 40.8 Å². The summed E-state index contributed by atoms with van der Waals surface area (Å²) in [5.41, 5.74) is 4.85. The number of carbonyl (C=O) groups excluding carboxylic acids is 1. The second kappa shape index (κ2) is 11.7. The van der Waals surface area contributed by atoms with Gasteiger partial charge in [-0.25, -0.2) is 0 Å². The van der Waals surface area contributed by atoms with E-state index >= 15 is 0 Å². The Morgan fingerprint density at radius 3 is 2.49 bits per heavy atom. The highest BCUT2D eigenvalue weighted by Crippen LogP contribution is 2.30. The molecule has 0 atom stereocenters. The van der Waals surface area contributed by atoms with E-state index in [0.717, 1.165) is 32.7 Å². The van der Waals surface area contributed by atoms with Gasteiger partial charge in [-0.3, -0.25) is 14.1 Å². The Balaban J connectivity index is 1.39. The molecule has 3 heterocycles. The number of rotatable bonds is 4. The third kappa shape index (κ3) is 6.58. The average Bonchev–Trinajstić information content (AvgIpc) is 3.37. The van der Waals surface area contributed by atoms with E-state index < -0.39 is 0 Å². The van der Waals surface area contributed by atoms with Crippen LogP contribution in [0.1, 0.15) is 59.2 Å². The van der Waals surface area contributed by atoms with Gasteiger partial charge in [-0.05, 0) is 72.0 Å². The van der Waals surface area contributed by atoms with Crippen molar-refractivity contribution < 1.29 is 4.79 Å². The van der Waals surface area contributed by atoms with Crippen LogP contribution in [0.4, 0.5) is 5.69 Å². The number of nitrogens with one attached hydrogen (secondary N) is 1. The van der Waals surface area contributed by atoms with Crippen LogP contribution in [0.15, 0.2) is 54.6 Å². The number of pyridine rings is 1. The number of hydrogen-bond acceptors (Lipinski definition) is 6. The Kier molecular flexibility index (Phi) is 8.10. The van der Waals surface area contributed by atoms with Crippen molar-refractivity contribution in [2.24, 2.45) is 0 Å². The first-order valence-electron chi connectivity index (χ1n) is 13.5. The van der Waals surface area contributed by atoms with Gasteiger partial charge in [-0.1, -0.05) is 50.4 Å². The number of nitriles is 1. The van der Waals surface area contributed by atoms with Crippen molar-refractivity contribution in [1.29, 1.82) is 5.26 Å². The monoisotopic (exact) mass is 565 g/mol. The van der Waals surface area contributed by atoms with Crippen LogP contribution in [0.25, 0.3) is 5.65 Å². The summed E-state index contributed by atoms with van der Waals surface area (Å²) in [7, 11) is 2.16. The van der Waals surface area contributed by atoms with Gasteiger partial charge in [0, 0.05) is 49.5 Å². The Labute approximate surface area is 245 Å². The number of carbonyl (C=O) groups is 1. The highest BCUT2D eigenvalue weighted by atomic mass is 35.5. The first-order chi connectivity index (χ1) is 19.6. The summed E-state index contributed by atoms with van der Waals surface area (Å²) in [5.74, 6) is 6.03. The standard InChI is InChI=1S/C32H32ClN7O/c1-32(2,3)27-19-26(10-9-24(27)21-39-14-12-38(4)13-15-39)35-31(41)25-17-22(16-23(18-25)20-34)8-11-30-37-36-29-7-5-6-28(33)40(29)30/h5-7,9-10,16-19H,12-15,21H2,1-4H3,(H,35,41). The molecule has 208 valence electrons. The van der Waals surface area contributed by atoms with Gasteiger partial charge in [0.05, 0.1) is 11.6 Å². The molecule has 0 radical (unpaired) electrons. The number of halogens is 1. The molecule has 41 heavy (non-hydrogen) atoms. The van der Waals surface area contributed by atoms with Crippen molar-refractivity contribution in [2.45, 2.75) is 32.7 Å². The van der Waals surface area contributed by atoms with Gasteiger partial charge in [0.1, 0.15) is 5.15 Å². The fourth-order valence-electron chi connectivity index (χ4n) is 4.95. The highest BCUT2D eigenvalue weighted by molar-refractivity contribution is 6.29. The summed E-state index contributed by atoms with van der Waals surface area (Å²) in [6.45, 7) is 11.7. The summed E-state index contributed by atoms with van der Waals surface area (Å²) < 4.78 is 1.64. The molecule has 0 bridgehead atoms. The van der Waals surface area contributed by atoms with Crippen molar-refractivity contribution in [1.82, 2.24) is 24.4 Å². The zero-order chi connectivity index (χ0) is 29.1. The minimum atomic E-state index is -0.312. The largest absolute Gasteiger partial charge is 0.322 e. The number of aromatic nitrogens is 3. The Morgan fingerprint density at radius 1 is 1.00 bits per heavy atom. The second-order valence-electron chi connectivity index (χ2n) is 11.4. The van der Waals surface area contributed by atoms with Crippen molar-refractivity contribution >= 4 is 28.8 Å². The molecular weight excluding hydrogens is 534 g/mol. The van der Waals surface area contributed by atoms with E-state index in [0.29, 0.717) is 39.0 Å². The molecule has 5 rings (SSSR count). The third-order valence-electron chi connectivity index (χ3n) is 7.19. The molecule has 8 nitrogen and oxygen atoms in total. The van der Waals surface area contributed by atoms with Crippen LogP contribution >= 0.6 is 11.6 Å². The SMILES string of the molecule is CN1CCN(Cc2ccc(NC(=O)c3cc(C#N)cc(C#Cc4nnc5cccc(Cl)n45)c3)cc2C(C)(C)C)CC1. The zero-order valence-corrected chi connectivity index (χ0v) is 24.5. The lowest BCUT2D eigenvalue weighted by atomic mass is 9.83. The maximum absolute atomic E-state index is 13.4. The van der Waals surface area contributed by atoms with Crippen LogP contribution < -0.4 is 5.32 Å². The summed E-state index contributed by atoms with van der Waals surface area (Å²) in [4.78, 5) is 18.2. The van der Waals surface area contributed by atoms with E-state index in [-0.39, 0.29) is 11.3 Å². The first-order valence-corrected chi connectivity index (χ1v) is 13.9. The number of amides is 1. The van der Waals surface area contributed by atoms with Gasteiger partial charge in [-0.2, -0.15) is 5.26 Å². The highest BCUT2D eigenvalue weighted by Gasteiger charge is 2.22. The van der Waals surface area contributed by atoms with Crippen LogP contribution in [0.5, 0.6) is 0 Å². The Morgan fingerprint density at radius 2 is 1.76 bits per heavy atom. The van der Waals surface area contributed by atoms with Crippen molar-refractivity contribution in [2.75, 3.05) is 38.5 Å². The van der Waals surface area contributed by atoms with Gasteiger partial charge in [0.15, 0.2) is 5.65 Å². The second-order valence-corrected chi connectivity index (χ2v) is 11.8. The number of likely N-dealkylation sites (N-methyl/N-ethyl adjacent to an activating group) is 1. The van der Waals surface area contributed by atoms with E-state index in [2.05, 4.69) is 83.2 Å². The molecule has 1 fully saturated rings. The third-order valence-corrected chi connectivity index (χ3v) is 7.48. The lowest BCUT2D eigenvalue weighted by Gasteiger charge is -2.34. The van der Waals surface area contributed by atoms with Crippen molar-refractivity contribution in [3.63, 3.8) is 0 Å². The van der Waals surface area contributed by atoms with Gasteiger partial charge in [-0.15, -0.1) is 10.2 Å². The lowest BCUT2D eigenvalue weighted by molar-refractivity contribution is 0.102. The molecule has 1 aliphatic rings. The molecule has 4 aromatic rings. The molecule has 1 saturated heterocycles. The van der Waals surface area contributed by atoms with Gasteiger partial charge >= 0.3 is 0 Å². The summed E-state index contributed by atoms with van der Waals surface area (Å²) in [5, 5.41) is 21.3. The molecule has 9 heteroatoms. The molecule has 1 amide bonds. The topological polar surface area (TPSA) is 89.6 Å². The molecule has 1 aliphatic heterocycles. The lowest BCUT2D eigenvalue weighted by Crippen LogP contribution is -2.44. The number of benzene rings is 2. The van der Waals surface area contributed by atoms with Crippen LogP contribution in [-0.2, 0) is 12.0 Å². The average molecular weight is 566 g/mol. The van der Waals surface area contributed by atoms with Crippen LogP contribution in [0, 0.1) is 23.2 Å². The molecule has 0 spiro atoms. The molecule has 0 aliphatic carbocycles. The molecule has 0 saturated carbocycles. The Hall–Kier alpha value is -4.21. The number of fused-ring (bicyclic) bond motifs is 1. The zero-order valence-electron chi connectivity index (χ0n) is 23.7. The number of anilines is 1. The minimum Gasteiger partial charge on any atom is -0.322 e. The number of nitrogens with zero attached hydrogens (tertiary/aromatic N) is 6. The fraction of sp³-hybridized carbons (Fsp3) is 0.312. The minimum absolute atomic E-state index is 0.0963. The van der Waals surface area contributed by atoms with Crippen molar-refractivity contribution in [3.05, 3.63) is 93.4 Å². The smallest absolute Gasteiger partial charge is 0.255 e. The van der Waals surface area contributed by atoms with Crippen LogP contribution in [0.2, 0.25) is 5.15 Å². The van der Waals surface area contributed by atoms with Gasteiger partial charge in [0.2, 0.25) is 5.82 Å². The predicted octanol–water partition coefficient (Wildman–Crippen LogP) is 4.95.